The lowest BCUT2D eigenvalue weighted by atomic mass is 9.97. The fourth-order valence-corrected chi connectivity index (χ4v) is 4.40. The smallest absolute Gasteiger partial charge is 0.238 e. The maximum Gasteiger partial charge on any atom is 0.238 e. The van der Waals surface area contributed by atoms with Crippen LogP contribution in [0.5, 0.6) is 11.5 Å². The van der Waals surface area contributed by atoms with Crippen LogP contribution >= 0.6 is 11.6 Å². The molecule has 4 rings (SSSR count). The number of nitrogens with one attached hydrogen (secondary N) is 1. The van der Waals surface area contributed by atoms with E-state index in [1.165, 1.54) is 5.56 Å². The Morgan fingerprint density at radius 2 is 1.81 bits per heavy atom. The molecule has 0 spiro atoms. The molecular formula is C24H30ClN3O3. The first-order chi connectivity index (χ1) is 14.9. The van der Waals surface area contributed by atoms with Crippen LogP contribution < -0.4 is 14.8 Å². The maximum atomic E-state index is 12.8. The molecule has 1 saturated heterocycles. The summed E-state index contributed by atoms with van der Waals surface area (Å²) in [6.45, 7) is 9.49. The van der Waals surface area contributed by atoms with Gasteiger partial charge in [0.25, 0.3) is 0 Å². The molecule has 0 unspecified atom stereocenters. The van der Waals surface area contributed by atoms with Gasteiger partial charge >= 0.3 is 0 Å². The van der Waals surface area contributed by atoms with E-state index in [0.717, 1.165) is 32.6 Å². The molecule has 2 aromatic rings. The maximum absolute atomic E-state index is 12.8. The summed E-state index contributed by atoms with van der Waals surface area (Å²) in [6, 6.07) is 14.0. The van der Waals surface area contributed by atoms with E-state index < -0.39 is 0 Å². The number of fused-ring (bicyclic) bond motifs is 1. The molecule has 0 saturated carbocycles. The predicted octanol–water partition coefficient (Wildman–Crippen LogP) is 4.04. The summed E-state index contributed by atoms with van der Waals surface area (Å²) >= 11 is 6.37. The second-order valence-electron chi connectivity index (χ2n) is 8.81. The average molecular weight is 444 g/mol. The minimum absolute atomic E-state index is 0.0265. The summed E-state index contributed by atoms with van der Waals surface area (Å²) in [7, 11) is 0. The zero-order valence-corrected chi connectivity index (χ0v) is 19.0. The van der Waals surface area contributed by atoms with Crippen molar-refractivity contribution in [3.8, 4) is 11.5 Å². The Bertz CT molecular complexity index is 920. The number of piperazine rings is 1. The number of hydrogen-bond donors (Lipinski definition) is 1. The molecule has 2 aromatic carbocycles. The standard InChI is InChI=1S/C24H30ClN3O3/c1-24(2)17-27(9-10-28(24)15-18-7-4-3-5-8-18)16-23(29)26-20-14-22-21(13-19(20)25)30-11-6-12-31-22/h3-5,7-8,13-14H,6,9-12,15-17H2,1-2H3,(H,26,29). The molecule has 166 valence electrons. The SMILES string of the molecule is CC1(C)CN(CC(=O)Nc2cc3c(cc2Cl)OCCCO3)CCN1Cc1ccccc1. The van der Waals surface area contributed by atoms with Gasteiger partial charge in [-0.2, -0.15) is 0 Å². The van der Waals surface area contributed by atoms with Crippen molar-refractivity contribution in [2.24, 2.45) is 0 Å². The van der Waals surface area contributed by atoms with E-state index in [0.29, 0.717) is 42.0 Å². The third kappa shape index (κ3) is 5.50. The van der Waals surface area contributed by atoms with Gasteiger partial charge in [-0.05, 0) is 19.4 Å². The Hall–Kier alpha value is -2.28. The number of hydrogen-bond acceptors (Lipinski definition) is 5. The molecule has 2 aliphatic rings. The average Bonchev–Trinajstić information content (AvgIpc) is 2.95. The highest BCUT2D eigenvalue weighted by atomic mass is 35.5. The number of ether oxygens (including phenoxy) is 2. The van der Waals surface area contributed by atoms with Crippen LogP contribution in [0.1, 0.15) is 25.8 Å². The Morgan fingerprint density at radius 3 is 2.52 bits per heavy atom. The lowest BCUT2D eigenvalue weighted by molar-refractivity contribution is -0.118. The van der Waals surface area contributed by atoms with Gasteiger partial charge in [0.15, 0.2) is 11.5 Å². The zero-order valence-electron chi connectivity index (χ0n) is 18.2. The van der Waals surface area contributed by atoms with Crippen molar-refractivity contribution in [3.05, 3.63) is 53.1 Å². The highest BCUT2D eigenvalue weighted by molar-refractivity contribution is 6.34. The van der Waals surface area contributed by atoms with Crippen LogP contribution in [0, 0.1) is 0 Å². The van der Waals surface area contributed by atoms with Crippen molar-refractivity contribution < 1.29 is 14.3 Å². The van der Waals surface area contributed by atoms with E-state index in [1.807, 2.05) is 6.07 Å². The number of amides is 1. The second kappa shape index (κ2) is 9.47. The lowest BCUT2D eigenvalue weighted by Gasteiger charge is -2.47. The number of halogens is 1. The number of nitrogens with zero attached hydrogens (tertiary/aromatic N) is 2. The molecule has 31 heavy (non-hydrogen) atoms. The molecule has 0 aromatic heterocycles. The highest BCUT2D eigenvalue weighted by Crippen LogP contribution is 2.37. The fraction of sp³-hybridized carbons (Fsp3) is 0.458. The molecule has 0 atom stereocenters. The minimum Gasteiger partial charge on any atom is -0.490 e. The number of anilines is 1. The van der Waals surface area contributed by atoms with Gasteiger partial charge in [0.2, 0.25) is 5.91 Å². The van der Waals surface area contributed by atoms with E-state index >= 15 is 0 Å². The Morgan fingerprint density at radius 1 is 1.10 bits per heavy atom. The first kappa shape index (κ1) is 21.9. The molecule has 1 amide bonds. The topological polar surface area (TPSA) is 54.0 Å². The third-order valence-electron chi connectivity index (χ3n) is 5.85. The first-order valence-electron chi connectivity index (χ1n) is 10.8. The monoisotopic (exact) mass is 443 g/mol. The molecule has 7 heteroatoms. The molecule has 2 aliphatic heterocycles. The van der Waals surface area contributed by atoms with Crippen LogP contribution in [0.25, 0.3) is 0 Å². The summed E-state index contributed by atoms with van der Waals surface area (Å²) in [5.41, 5.74) is 1.84. The summed E-state index contributed by atoms with van der Waals surface area (Å²) in [5, 5.41) is 3.39. The predicted molar refractivity (Wildman–Crippen MR) is 123 cm³/mol. The quantitative estimate of drug-likeness (QED) is 0.755. The Kier molecular flexibility index (Phi) is 6.70. The van der Waals surface area contributed by atoms with E-state index in [9.17, 15) is 4.79 Å². The van der Waals surface area contributed by atoms with Crippen molar-refractivity contribution in [1.82, 2.24) is 9.80 Å². The van der Waals surface area contributed by atoms with Crippen molar-refractivity contribution in [3.63, 3.8) is 0 Å². The van der Waals surface area contributed by atoms with Gasteiger partial charge in [0, 0.05) is 50.3 Å². The van der Waals surface area contributed by atoms with Crippen LogP contribution in [-0.2, 0) is 11.3 Å². The molecule has 0 bridgehead atoms. The van der Waals surface area contributed by atoms with Crippen molar-refractivity contribution in [1.29, 1.82) is 0 Å². The minimum atomic E-state index is -0.0799. The normalized spacial score (nSPS) is 18.9. The molecule has 6 nitrogen and oxygen atoms in total. The number of benzene rings is 2. The summed E-state index contributed by atoms with van der Waals surface area (Å²) in [5.74, 6) is 1.16. The summed E-state index contributed by atoms with van der Waals surface area (Å²) < 4.78 is 11.4. The molecule has 0 radical (unpaired) electrons. The number of rotatable bonds is 5. The van der Waals surface area contributed by atoms with Gasteiger partial charge in [-0.15, -0.1) is 0 Å². The molecule has 0 aliphatic carbocycles. The highest BCUT2D eigenvalue weighted by Gasteiger charge is 2.34. The Balaban J connectivity index is 1.35. The first-order valence-corrected chi connectivity index (χ1v) is 11.2. The van der Waals surface area contributed by atoms with Crippen LogP contribution in [-0.4, -0.2) is 60.6 Å². The molecule has 1 fully saturated rings. The number of carbonyl (C=O) groups is 1. The van der Waals surface area contributed by atoms with Gasteiger partial charge in [-0.1, -0.05) is 41.9 Å². The Labute approximate surface area is 189 Å². The van der Waals surface area contributed by atoms with Crippen molar-refractivity contribution in [2.45, 2.75) is 32.4 Å². The summed E-state index contributed by atoms with van der Waals surface area (Å²) in [6.07, 6.45) is 0.819. The van der Waals surface area contributed by atoms with Crippen molar-refractivity contribution in [2.75, 3.05) is 44.7 Å². The van der Waals surface area contributed by atoms with E-state index in [-0.39, 0.29) is 11.4 Å². The molecule has 1 N–H and O–H groups in total. The zero-order chi connectivity index (χ0) is 21.8. The largest absolute Gasteiger partial charge is 0.490 e. The fourth-order valence-electron chi connectivity index (χ4n) is 4.20. The van der Waals surface area contributed by atoms with Crippen LogP contribution in [0.4, 0.5) is 5.69 Å². The van der Waals surface area contributed by atoms with Crippen molar-refractivity contribution >= 4 is 23.2 Å². The van der Waals surface area contributed by atoms with Gasteiger partial charge < -0.3 is 14.8 Å². The van der Waals surface area contributed by atoms with Crippen LogP contribution in [0.2, 0.25) is 5.02 Å². The van der Waals surface area contributed by atoms with E-state index in [1.54, 1.807) is 12.1 Å². The van der Waals surface area contributed by atoms with Gasteiger partial charge in [-0.3, -0.25) is 14.6 Å². The van der Waals surface area contributed by atoms with E-state index in [2.05, 4.69) is 53.2 Å². The third-order valence-corrected chi connectivity index (χ3v) is 6.16. The number of carbonyl (C=O) groups excluding carboxylic acids is 1. The van der Waals surface area contributed by atoms with Gasteiger partial charge in [0.05, 0.1) is 30.5 Å². The molecule has 2 heterocycles. The second-order valence-corrected chi connectivity index (χ2v) is 9.21. The molecular weight excluding hydrogens is 414 g/mol. The van der Waals surface area contributed by atoms with Crippen LogP contribution in [0.3, 0.4) is 0 Å². The van der Waals surface area contributed by atoms with Crippen LogP contribution in [0.15, 0.2) is 42.5 Å². The lowest BCUT2D eigenvalue weighted by Crippen LogP contribution is -2.59. The summed E-state index contributed by atoms with van der Waals surface area (Å²) in [4.78, 5) is 17.4. The van der Waals surface area contributed by atoms with Gasteiger partial charge in [0.1, 0.15) is 0 Å². The van der Waals surface area contributed by atoms with E-state index in [4.69, 9.17) is 21.1 Å². The van der Waals surface area contributed by atoms with Gasteiger partial charge in [-0.25, -0.2) is 0 Å².